The molecule has 0 radical (unpaired) electrons. The molecule has 4 heteroatoms. The molecule has 21 heavy (non-hydrogen) atoms. The van der Waals surface area contributed by atoms with Crippen molar-refractivity contribution in [3.63, 3.8) is 0 Å². The van der Waals surface area contributed by atoms with Crippen LogP contribution >= 0.6 is 0 Å². The lowest BCUT2D eigenvalue weighted by Crippen LogP contribution is -2.21. The van der Waals surface area contributed by atoms with E-state index < -0.39 is 0 Å². The molecule has 0 bridgehead atoms. The van der Waals surface area contributed by atoms with Crippen LogP contribution < -0.4 is 10.5 Å². The first-order valence-electron chi connectivity index (χ1n) is 7.02. The molecule has 0 saturated heterocycles. The Morgan fingerprint density at radius 1 is 1.14 bits per heavy atom. The Labute approximate surface area is 124 Å². The van der Waals surface area contributed by atoms with Gasteiger partial charge in [0.1, 0.15) is 11.6 Å². The van der Waals surface area contributed by atoms with Gasteiger partial charge in [-0.1, -0.05) is 24.3 Å². The molecule has 4 nitrogen and oxygen atoms in total. The average Bonchev–Trinajstić information content (AvgIpc) is 2.85. The molecule has 3 rings (SSSR count). The molecular formula is C17H19N3O. The highest BCUT2D eigenvalue weighted by Crippen LogP contribution is 2.26. The first-order chi connectivity index (χ1) is 10.2. The third-order valence-electron chi connectivity index (χ3n) is 3.81. The summed E-state index contributed by atoms with van der Waals surface area (Å²) >= 11 is 0. The van der Waals surface area contributed by atoms with Gasteiger partial charge in [0, 0.05) is 6.54 Å². The smallest absolute Gasteiger partial charge is 0.118 e. The molecule has 0 aliphatic rings. The summed E-state index contributed by atoms with van der Waals surface area (Å²) in [5.74, 6) is 1.82. The fourth-order valence-electron chi connectivity index (χ4n) is 2.77. The fraction of sp³-hybridized carbons (Fsp3) is 0.235. The second kappa shape index (κ2) is 5.58. The van der Waals surface area contributed by atoms with Crippen molar-refractivity contribution in [2.75, 3.05) is 13.7 Å². The second-order valence-corrected chi connectivity index (χ2v) is 5.04. The van der Waals surface area contributed by atoms with Crippen LogP contribution in [0.2, 0.25) is 0 Å². The summed E-state index contributed by atoms with van der Waals surface area (Å²) in [4.78, 5) is 4.62. The maximum atomic E-state index is 6.05. The first-order valence-corrected chi connectivity index (χ1v) is 7.02. The van der Waals surface area contributed by atoms with E-state index in [0.717, 1.165) is 28.2 Å². The highest BCUT2D eigenvalue weighted by molar-refractivity contribution is 5.76. The monoisotopic (exact) mass is 281 g/mol. The number of imidazole rings is 1. The lowest BCUT2D eigenvalue weighted by atomic mass is 10.1. The number of rotatable bonds is 4. The zero-order valence-electron chi connectivity index (χ0n) is 12.3. The summed E-state index contributed by atoms with van der Waals surface area (Å²) in [7, 11) is 1.67. The maximum Gasteiger partial charge on any atom is 0.118 e. The molecule has 0 saturated carbocycles. The Morgan fingerprint density at radius 3 is 2.52 bits per heavy atom. The highest BCUT2D eigenvalue weighted by atomic mass is 16.5. The highest BCUT2D eigenvalue weighted by Gasteiger charge is 2.17. The van der Waals surface area contributed by atoms with Crippen molar-refractivity contribution in [3.8, 4) is 5.75 Å². The number of ether oxygens (including phenoxy) is 1. The van der Waals surface area contributed by atoms with Crippen molar-refractivity contribution in [1.82, 2.24) is 9.55 Å². The molecule has 108 valence electrons. The summed E-state index contributed by atoms with van der Waals surface area (Å²) < 4.78 is 7.42. The average molecular weight is 281 g/mol. The molecule has 0 aliphatic heterocycles. The van der Waals surface area contributed by atoms with Crippen LogP contribution in [0.3, 0.4) is 0 Å². The van der Waals surface area contributed by atoms with E-state index in [9.17, 15) is 0 Å². The van der Waals surface area contributed by atoms with E-state index in [1.54, 1.807) is 7.11 Å². The number of aryl methyl sites for hydroxylation is 1. The van der Waals surface area contributed by atoms with E-state index in [0.29, 0.717) is 6.54 Å². The molecular weight excluding hydrogens is 262 g/mol. The van der Waals surface area contributed by atoms with Gasteiger partial charge in [-0.05, 0) is 36.8 Å². The quantitative estimate of drug-likeness (QED) is 0.800. The third-order valence-corrected chi connectivity index (χ3v) is 3.81. The number of aromatic nitrogens is 2. The number of fused-ring (bicyclic) bond motifs is 1. The van der Waals surface area contributed by atoms with Crippen molar-refractivity contribution < 1.29 is 4.74 Å². The Morgan fingerprint density at radius 2 is 1.86 bits per heavy atom. The number of benzene rings is 2. The Kier molecular flexibility index (Phi) is 3.62. The van der Waals surface area contributed by atoms with Crippen LogP contribution in [0.25, 0.3) is 11.0 Å². The van der Waals surface area contributed by atoms with Gasteiger partial charge in [-0.2, -0.15) is 0 Å². The Hall–Kier alpha value is -2.33. The third kappa shape index (κ3) is 2.38. The van der Waals surface area contributed by atoms with Crippen LogP contribution in [0.15, 0.2) is 48.5 Å². The number of nitrogens with zero attached hydrogens (tertiary/aromatic N) is 2. The van der Waals surface area contributed by atoms with Gasteiger partial charge in [-0.3, -0.25) is 0 Å². The van der Waals surface area contributed by atoms with Crippen molar-refractivity contribution in [2.45, 2.75) is 13.0 Å². The molecule has 0 aliphatic carbocycles. The largest absolute Gasteiger partial charge is 0.497 e. The molecule has 3 aromatic rings. The van der Waals surface area contributed by atoms with Gasteiger partial charge in [0.05, 0.1) is 24.2 Å². The molecule has 0 fully saturated rings. The minimum Gasteiger partial charge on any atom is -0.497 e. The number of hydrogen-bond acceptors (Lipinski definition) is 3. The second-order valence-electron chi connectivity index (χ2n) is 5.04. The predicted molar refractivity (Wildman–Crippen MR) is 84.7 cm³/mol. The summed E-state index contributed by atoms with van der Waals surface area (Å²) in [6.45, 7) is 2.54. The van der Waals surface area contributed by atoms with Crippen molar-refractivity contribution in [1.29, 1.82) is 0 Å². The van der Waals surface area contributed by atoms with Crippen LogP contribution in [0.4, 0.5) is 0 Å². The lowest BCUT2D eigenvalue weighted by Gasteiger charge is -2.20. The van der Waals surface area contributed by atoms with E-state index in [2.05, 4.69) is 27.8 Å². The molecule has 0 spiro atoms. The topological polar surface area (TPSA) is 53.1 Å². The van der Waals surface area contributed by atoms with Crippen molar-refractivity contribution in [2.24, 2.45) is 5.73 Å². The van der Waals surface area contributed by atoms with Crippen LogP contribution in [-0.2, 0) is 0 Å². The van der Waals surface area contributed by atoms with Gasteiger partial charge in [0.15, 0.2) is 0 Å². The van der Waals surface area contributed by atoms with E-state index in [4.69, 9.17) is 10.5 Å². The Bertz CT molecular complexity index is 746. The summed E-state index contributed by atoms with van der Waals surface area (Å²) in [6.07, 6.45) is 0. The van der Waals surface area contributed by atoms with Crippen LogP contribution in [0, 0.1) is 6.92 Å². The standard InChI is InChI=1S/C17H19N3O/c1-12-19-15-5-3-4-6-16(15)20(12)17(11-18)13-7-9-14(21-2)10-8-13/h3-10,17H,11,18H2,1-2H3. The van der Waals surface area contributed by atoms with Crippen molar-refractivity contribution >= 4 is 11.0 Å². The number of hydrogen-bond donors (Lipinski definition) is 1. The van der Waals surface area contributed by atoms with Gasteiger partial charge in [-0.15, -0.1) is 0 Å². The summed E-state index contributed by atoms with van der Waals surface area (Å²) in [5, 5.41) is 0. The summed E-state index contributed by atoms with van der Waals surface area (Å²) in [5.41, 5.74) is 9.32. The number of methoxy groups -OCH3 is 1. The summed E-state index contributed by atoms with van der Waals surface area (Å²) in [6, 6.07) is 16.3. The molecule has 2 N–H and O–H groups in total. The van der Waals surface area contributed by atoms with Gasteiger partial charge in [-0.25, -0.2) is 4.98 Å². The van der Waals surface area contributed by atoms with E-state index in [1.165, 1.54) is 0 Å². The van der Waals surface area contributed by atoms with Gasteiger partial charge < -0.3 is 15.0 Å². The minimum absolute atomic E-state index is 0.0725. The first kappa shape index (κ1) is 13.6. The van der Waals surface area contributed by atoms with E-state index >= 15 is 0 Å². The molecule has 2 aromatic carbocycles. The van der Waals surface area contributed by atoms with Crippen molar-refractivity contribution in [3.05, 3.63) is 59.9 Å². The van der Waals surface area contributed by atoms with Gasteiger partial charge in [0.2, 0.25) is 0 Å². The zero-order valence-corrected chi connectivity index (χ0v) is 12.3. The molecule has 0 amide bonds. The molecule has 1 atom stereocenters. The zero-order chi connectivity index (χ0) is 14.8. The normalized spacial score (nSPS) is 12.5. The Balaban J connectivity index is 2.11. The number of para-hydroxylation sites is 2. The van der Waals surface area contributed by atoms with Crippen LogP contribution in [-0.4, -0.2) is 23.2 Å². The van der Waals surface area contributed by atoms with Crippen LogP contribution in [0.5, 0.6) is 5.75 Å². The van der Waals surface area contributed by atoms with E-state index in [1.807, 2.05) is 37.3 Å². The molecule has 1 aromatic heterocycles. The van der Waals surface area contributed by atoms with E-state index in [-0.39, 0.29) is 6.04 Å². The molecule has 1 heterocycles. The van der Waals surface area contributed by atoms with Gasteiger partial charge >= 0.3 is 0 Å². The lowest BCUT2D eigenvalue weighted by molar-refractivity contribution is 0.414. The van der Waals surface area contributed by atoms with Crippen LogP contribution in [0.1, 0.15) is 17.4 Å². The molecule has 1 unspecified atom stereocenters. The SMILES string of the molecule is COc1ccc(C(CN)n2c(C)nc3ccccc32)cc1. The maximum absolute atomic E-state index is 6.05. The fourth-order valence-corrected chi connectivity index (χ4v) is 2.77. The van der Waals surface area contributed by atoms with Gasteiger partial charge in [0.25, 0.3) is 0 Å². The number of nitrogens with two attached hydrogens (primary N) is 1. The minimum atomic E-state index is 0.0725. The predicted octanol–water partition coefficient (Wildman–Crippen LogP) is 2.90.